The largest absolute Gasteiger partial charge is 0.332 e. The molecule has 2 aromatic carbocycles. The monoisotopic (exact) mass is 497 g/mol. The van der Waals surface area contributed by atoms with Gasteiger partial charge in [0.05, 0.1) is 11.5 Å². The molecular weight excluding hydrogens is 469 g/mol. The zero-order chi connectivity index (χ0) is 25.5. The molecule has 0 N–H and O–H groups in total. The van der Waals surface area contributed by atoms with Gasteiger partial charge in [0.1, 0.15) is 12.4 Å². The summed E-state index contributed by atoms with van der Waals surface area (Å²) in [4.78, 5) is 41.8. The van der Waals surface area contributed by atoms with Gasteiger partial charge in [-0.25, -0.2) is 4.39 Å². The molecule has 1 aromatic heterocycles. The van der Waals surface area contributed by atoms with Gasteiger partial charge in [-0.1, -0.05) is 31.2 Å². The number of carbonyl (C=O) groups is 2. The maximum Gasteiger partial charge on any atom is 0.273 e. The van der Waals surface area contributed by atoms with Crippen molar-refractivity contribution in [3.8, 4) is 0 Å². The minimum Gasteiger partial charge on any atom is -0.332 e. The molecule has 184 valence electrons. The molecule has 7 nitrogen and oxygen atoms in total. The summed E-state index contributed by atoms with van der Waals surface area (Å²) in [5.74, 6) is -1.06. The van der Waals surface area contributed by atoms with E-state index >= 15 is 0 Å². The van der Waals surface area contributed by atoms with E-state index < -0.39 is 10.8 Å². The van der Waals surface area contributed by atoms with Gasteiger partial charge in [-0.15, -0.1) is 11.3 Å². The maximum atomic E-state index is 13.5. The normalized spacial score (nSPS) is 11.7. The van der Waals surface area contributed by atoms with E-state index in [-0.39, 0.29) is 42.1 Å². The van der Waals surface area contributed by atoms with Crippen molar-refractivity contribution in [2.24, 2.45) is 0 Å². The van der Waals surface area contributed by atoms with Gasteiger partial charge in [-0.3, -0.25) is 19.7 Å². The van der Waals surface area contributed by atoms with Crippen LogP contribution in [0.25, 0.3) is 0 Å². The first-order valence-electron chi connectivity index (χ1n) is 11.3. The highest BCUT2D eigenvalue weighted by molar-refractivity contribution is 7.09. The van der Waals surface area contributed by atoms with Crippen LogP contribution in [0, 0.1) is 22.9 Å². The third kappa shape index (κ3) is 6.73. The molecule has 0 aliphatic heterocycles. The number of nitro benzene ring substituents is 1. The summed E-state index contributed by atoms with van der Waals surface area (Å²) >= 11 is 1.52. The predicted molar refractivity (Wildman–Crippen MR) is 134 cm³/mol. The number of nitro groups is 1. The Balaban J connectivity index is 1.87. The number of aryl methyl sites for hydroxylation is 1. The number of amides is 2. The molecule has 0 saturated carbocycles. The summed E-state index contributed by atoms with van der Waals surface area (Å²) in [5.41, 5.74) is 1.26. The van der Waals surface area contributed by atoms with Gasteiger partial charge in [-0.05, 0) is 55.5 Å². The first kappa shape index (κ1) is 26.0. The van der Waals surface area contributed by atoms with Crippen LogP contribution in [0.4, 0.5) is 10.1 Å². The highest BCUT2D eigenvalue weighted by Gasteiger charge is 2.27. The van der Waals surface area contributed by atoms with E-state index in [1.165, 1.54) is 34.4 Å². The Hall–Kier alpha value is -3.59. The molecule has 1 atom stereocenters. The smallest absolute Gasteiger partial charge is 0.273 e. The average molecular weight is 498 g/mol. The van der Waals surface area contributed by atoms with Gasteiger partial charge in [0.15, 0.2) is 0 Å². The first-order chi connectivity index (χ1) is 16.7. The summed E-state index contributed by atoms with van der Waals surface area (Å²) in [6.07, 6.45) is 0.607. The van der Waals surface area contributed by atoms with Gasteiger partial charge in [0.2, 0.25) is 5.91 Å². The van der Waals surface area contributed by atoms with Crippen molar-refractivity contribution in [2.75, 3.05) is 6.54 Å². The van der Waals surface area contributed by atoms with Crippen molar-refractivity contribution in [2.45, 2.75) is 46.3 Å². The van der Waals surface area contributed by atoms with E-state index in [0.29, 0.717) is 18.5 Å². The van der Waals surface area contributed by atoms with Crippen molar-refractivity contribution in [1.29, 1.82) is 0 Å². The molecule has 0 bridgehead atoms. The highest BCUT2D eigenvalue weighted by atomic mass is 32.1. The lowest BCUT2D eigenvalue weighted by atomic mass is 10.1. The first-order valence-corrected chi connectivity index (χ1v) is 12.2. The molecule has 0 aliphatic carbocycles. The fourth-order valence-corrected chi connectivity index (χ4v) is 4.35. The van der Waals surface area contributed by atoms with Gasteiger partial charge >= 0.3 is 0 Å². The van der Waals surface area contributed by atoms with Crippen LogP contribution in [0.5, 0.6) is 0 Å². The summed E-state index contributed by atoms with van der Waals surface area (Å²) in [5, 5.41) is 13.3. The Labute approximate surface area is 207 Å². The highest BCUT2D eigenvalue weighted by Crippen LogP contribution is 2.22. The standard InChI is InChI=1S/C26H28FN3O4S/c1-4-19(3)29(26(32)21-10-7-18(2)24(14-21)30(33)34)17-25(31)28(16-23-6-5-13-35-23)15-20-8-11-22(27)12-9-20/h5-14,19H,4,15-17H2,1-3H3. The number of hydrogen-bond donors (Lipinski definition) is 0. The molecule has 0 aliphatic rings. The predicted octanol–water partition coefficient (Wildman–Crippen LogP) is 5.57. The van der Waals surface area contributed by atoms with Crippen LogP contribution in [0.1, 0.15) is 46.6 Å². The molecule has 0 radical (unpaired) electrons. The second-order valence-corrected chi connectivity index (χ2v) is 9.44. The van der Waals surface area contributed by atoms with Crippen molar-refractivity contribution >= 4 is 28.8 Å². The number of nitrogens with zero attached hydrogens (tertiary/aromatic N) is 3. The number of hydrogen-bond acceptors (Lipinski definition) is 5. The summed E-state index contributed by atoms with van der Waals surface area (Å²) in [6, 6.07) is 13.9. The molecule has 35 heavy (non-hydrogen) atoms. The number of thiophene rings is 1. The second-order valence-electron chi connectivity index (χ2n) is 8.40. The number of carbonyl (C=O) groups excluding carboxylic acids is 2. The Kier molecular flexibility index (Phi) is 8.70. The van der Waals surface area contributed by atoms with Crippen molar-refractivity contribution in [1.82, 2.24) is 9.80 Å². The molecule has 3 aromatic rings. The van der Waals surface area contributed by atoms with E-state index in [0.717, 1.165) is 10.4 Å². The SMILES string of the molecule is CCC(C)N(CC(=O)N(Cc1ccc(F)cc1)Cc1cccs1)C(=O)c1ccc(C)c([N+](=O)[O-])c1. The molecule has 2 amide bonds. The second kappa shape index (κ2) is 11.7. The molecule has 9 heteroatoms. The van der Waals surface area contributed by atoms with E-state index in [1.807, 2.05) is 31.4 Å². The summed E-state index contributed by atoms with van der Waals surface area (Å²) < 4.78 is 13.4. The van der Waals surface area contributed by atoms with E-state index in [4.69, 9.17) is 0 Å². The van der Waals surface area contributed by atoms with Crippen LogP contribution in [-0.2, 0) is 17.9 Å². The maximum absolute atomic E-state index is 13.5. The molecule has 1 heterocycles. The van der Waals surface area contributed by atoms with Gasteiger partial charge < -0.3 is 9.80 Å². The zero-order valence-corrected chi connectivity index (χ0v) is 20.8. The Bertz CT molecular complexity index is 1180. The third-order valence-electron chi connectivity index (χ3n) is 5.91. The summed E-state index contributed by atoms with van der Waals surface area (Å²) in [7, 11) is 0. The molecule has 0 fully saturated rings. The Morgan fingerprint density at radius 3 is 2.43 bits per heavy atom. The summed E-state index contributed by atoms with van der Waals surface area (Å²) in [6.45, 7) is 5.80. The van der Waals surface area contributed by atoms with Gasteiger partial charge in [0, 0.05) is 34.7 Å². The third-order valence-corrected chi connectivity index (χ3v) is 6.77. The number of halogens is 1. The number of rotatable bonds is 10. The van der Waals surface area contributed by atoms with Crippen LogP contribution >= 0.6 is 11.3 Å². The average Bonchev–Trinajstić information content (AvgIpc) is 3.35. The van der Waals surface area contributed by atoms with Crippen molar-refractivity contribution in [3.63, 3.8) is 0 Å². The van der Waals surface area contributed by atoms with E-state index in [1.54, 1.807) is 36.1 Å². The van der Waals surface area contributed by atoms with Crippen LogP contribution in [0.3, 0.4) is 0 Å². The zero-order valence-electron chi connectivity index (χ0n) is 19.9. The van der Waals surface area contributed by atoms with E-state index in [2.05, 4.69) is 0 Å². The lowest BCUT2D eigenvalue weighted by Gasteiger charge is -2.31. The molecular formula is C26H28FN3O4S. The van der Waals surface area contributed by atoms with Crippen molar-refractivity contribution < 1.29 is 18.9 Å². The molecule has 0 saturated heterocycles. The van der Waals surface area contributed by atoms with Crippen LogP contribution in [0.2, 0.25) is 0 Å². The Morgan fingerprint density at radius 1 is 1.11 bits per heavy atom. The quantitative estimate of drug-likeness (QED) is 0.271. The lowest BCUT2D eigenvalue weighted by molar-refractivity contribution is -0.385. The van der Waals surface area contributed by atoms with E-state index in [9.17, 15) is 24.1 Å². The minimum atomic E-state index is -0.518. The molecule has 0 spiro atoms. The molecule has 1 unspecified atom stereocenters. The van der Waals surface area contributed by atoms with Crippen LogP contribution < -0.4 is 0 Å². The van der Waals surface area contributed by atoms with Gasteiger partial charge in [0.25, 0.3) is 11.6 Å². The fraction of sp³-hybridized carbons (Fsp3) is 0.308. The topological polar surface area (TPSA) is 83.8 Å². The van der Waals surface area contributed by atoms with Crippen LogP contribution in [0.15, 0.2) is 60.0 Å². The number of benzene rings is 2. The Morgan fingerprint density at radius 2 is 1.83 bits per heavy atom. The minimum absolute atomic E-state index is 0.137. The lowest BCUT2D eigenvalue weighted by Crippen LogP contribution is -2.46. The van der Waals surface area contributed by atoms with Gasteiger partial charge in [-0.2, -0.15) is 0 Å². The van der Waals surface area contributed by atoms with Crippen molar-refractivity contribution in [3.05, 3.63) is 97.5 Å². The van der Waals surface area contributed by atoms with Crippen LogP contribution in [-0.4, -0.2) is 39.1 Å². The molecule has 3 rings (SSSR count). The fourth-order valence-electron chi connectivity index (χ4n) is 3.63.